The summed E-state index contributed by atoms with van der Waals surface area (Å²) in [5, 5.41) is 8.51. The molecule has 0 aliphatic carbocycles. The molecule has 47 heavy (non-hydrogen) atoms. The fraction of sp³-hybridized carbons (Fsp3) is 0. The molecule has 0 atom stereocenters. The van der Waals surface area contributed by atoms with Crippen molar-refractivity contribution in [2.75, 3.05) is 0 Å². The first-order valence-corrected chi connectivity index (χ1v) is 16.7. The molecule has 1 aliphatic rings. The SMILES string of the molecule is c1ccc(-n2c3cc4c(cc3c3c5ccccc5ccc32)c2ccccc2n4-c2nc3c4c(cccc4n2)Sc2ccccc2-3)cc1. The van der Waals surface area contributed by atoms with Crippen molar-refractivity contribution in [3.63, 3.8) is 0 Å². The van der Waals surface area contributed by atoms with Crippen LogP contribution in [0.2, 0.25) is 0 Å². The first-order chi connectivity index (χ1) is 23.3. The minimum absolute atomic E-state index is 0.685. The number of benzene rings is 7. The first kappa shape index (κ1) is 25.3. The summed E-state index contributed by atoms with van der Waals surface area (Å²) in [4.78, 5) is 13.1. The number of hydrogen-bond acceptors (Lipinski definition) is 3. The molecule has 0 spiro atoms. The third-order valence-electron chi connectivity index (χ3n) is 9.70. The van der Waals surface area contributed by atoms with Crippen LogP contribution in [0, 0.1) is 0 Å². The Labute approximate surface area is 273 Å². The molecule has 0 fully saturated rings. The van der Waals surface area contributed by atoms with Gasteiger partial charge in [0, 0.05) is 48.0 Å². The monoisotopic (exact) mass is 616 g/mol. The predicted octanol–water partition coefficient (Wildman–Crippen LogP) is 11.1. The zero-order valence-corrected chi connectivity index (χ0v) is 25.9. The number of hydrogen-bond donors (Lipinski definition) is 0. The summed E-state index contributed by atoms with van der Waals surface area (Å²) in [5.74, 6) is 0.685. The van der Waals surface area contributed by atoms with Gasteiger partial charge in [0.25, 0.3) is 0 Å². The minimum atomic E-state index is 0.685. The molecule has 0 saturated heterocycles. The standard InChI is InChI=1S/C42H24N4S/c1-2-12-26(13-3-1)45-34-22-21-25-11-4-5-14-27(25)39(34)31-23-30-28-15-6-8-18-33(28)46(35(30)24-36(31)45)42-43-32-17-10-20-38-40(32)41(44-42)29-16-7-9-19-37(29)47-38/h1-24H. The van der Waals surface area contributed by atoms with Crippen molar-refractivity contribution in [3.05, 3.63) is 146 Å². The molecule has 7 aromatic carbocycles. The lowest BCUT2D eigenvalue weighted by Crippen LogP contribution is -2.05. The molecule has 10 aromatic rings. The van der Waals surface area contributed by atoms with Crippen molar-refractivity contribution >= 4 is 77.0 Å². The Balaban J connectivity index is 1.31. The Morgan fingerprint density at radius 3 is 2.15 bits per heavy atom. The fourth-order valence-corrected chi connectivity index (χ4v) is 8.82. The van der Waals surface area contributed by atoms with Gasteiger partial charge in [0.1, 0.15) is 0 Å². The second-order valence-electron chi connectivity index (χ2n) is 12.2. The zero-order valence-electron chi connectivity index (χ0n) is 25.1. The Morgan fingerprint density at radius 2 is 1.21 bits per heavy atom. The van der Waals surface area contributed by atoms with E-state index < -0.39 is 0 Å². The smallest absolute Gasteiger partial charge is 0.235 e. The van der Waals surface area contributed by atoms with Crippen LogP contribution in [0.3, 0.4) is 0 Å². The van der Waals surface area contributed by atoms with Crippen LogP contribution in [-0.4, -0.2) is 19.1 Å². The van der Waals surface area contributed by atoms with Crippen LogP contribution in [0.1, 0.15) is 0 Å². The van der Waals surface area contributed by atoms with Gasteiger partial charge in [0.05, 0.1) is 33.3 Å². The Bertz CT molecular complexity index is 2940. The summed E-state index contributed by atoms with van der Waals surface area (Å²) >= 11 is 1.80. The normalized spacial score (nSPS) is 12.6. The van der Waals surface area contributed by atoms with Crippen LogP contribution in [-0.2, 0) is 0 Å². The first-order valence-electron chi connectivity index (χ1n) is 15.8. The van der Waals surface area contributed by atoms with Crippen molar-refractivity contribution in [2.24, 2.45) is 0 Å². The van der Waals surface area contributed by atoms with Crippen molar-refractivity contribution in [3.8, 4) is 22.9 Å². The molecule has 11 rings (SSSR count). The lowest BCUT2D eigenvalue weighted by molar-refractivity contribution is 1.01. The Hall–Kier alpha value is -5.91. The summed E-state index contributed by atoms with van der Waals surface area (Å²) in [5.41, 5.74) is 8.78. The quantitative estimate of drug-likeness (QED) is 0.194. The fourth-order valence-electron chi connectivity index (χ4n) is 7.71. The van der Waals surface area contributed by atoms with Gasteiger partial charge in [-0.1, -0.05) is 103 Å². The number of para-hydroxylation sites is 2. The summed E-state index contributed by atoms with van der Waals surface area (Å²) < 4.78 is 4.67. The molecule has 0 N–H and O–H groups in total. The summed E-state index contributed by atoms with van der Waals surface area (Å²) in [6.45, 7) is 0. The summed E-state index contributed by atoms with van der Waals surface area (Å²) in [7, 11) is 0. The van der Waals surface area contributed by atoms with Gasteiger partial charge in [-0.3, -0.25) is 4.57 Å². The highest BCUT2D eigenvalue weighted by Gasteiger charge is 2.25. The number of fused-ring (bicyclic) bond motifs is 10. The Kier molecular flexibility index (Phi) is 5.02. The molecule has 4 nitrogen and oxygen atoms in total. The van der Waals surface area contributed by atoms with Crippen molar-refractivity contribution in [1.82, 2.24) is 19.1 Å². The molecule has 0 unspecified atom stereocenters. The second-order valence-corrected chi connectivity index (χ2v) is 13.3. The van der Waals surface area contributed by atoms with Crippen LogP contribution in [0.4, 0.5) is 0 Å². The molecule has 0 amide bonds. The summed E-state index contributed by atoms with van der Waals surface area (Å²) in [6.07, 6.45) is 0. The minimum Gasteiger partial charge on any atom is -0.309 e. The van der Waals surface area contributed by atoms with Gasteiger partial charge >= 0.3 is 0 Å². The average Bonchev–Trinajstić information content (AvgIpc) is 3.63. The molecule has 5 heteroatoms. The van der Waals surface area contributed by atoms with Crippen molar-refractivity contribution in [1.29, 1.82) is 0 Å². The van der Waals surface area contributed by atoms with Crippen molar-refractivity contribution in [2.45, 2.75) is 9.79 Å². The predicted molar refractivity (Wildman–Crippen MR) is 195 cm³/mol. The van der Waals surface area contributed by atoms with Gasteiger partial charge in [0.15, 0.2) is 0 Å². The van der Waals surface area contributed by atoms with Gasteiger partial charge < -0.3 is 4.57 Å². The largest absolute Gasteiger partial charge is 0.309 e. The van der Waals surface area contributed by atoms with E-state index in [1.165, 1.54) is 47.6 Å². The van der Waals surface area contributed by atoms with Crippen LogP contribution in [0.15, 0.2) is 155 Å². The summed E-state index contributed by atoms with van der Waals surface area (Å²) in [6, 6.07) is 52.3. The van der Waals surface area contributed by atoms with Crippen molar-refractivity contribution < 1.29 is 0 Å². The van der Waals surface area contributed by atoms with E-state index in [9.17, 15) is 0 Å². The van der Waals surface area contributed by atoms with E-state index in [4.69, 9.17) is 9.97 Å². The Morgan fingerprint density at radius 1 is 0.447 bits per heavy atom. The number of rotatable bonds is 2. The average molecular weight is 617 g/mol. The van der Waals surface area contributed by atoms with E-state index >= 15 is 0 Å². The maximum atomic E-state index is 5.39. The van der Waals surface area contributed by atoms with Gasteiger partial charge in [-0.15, -0.1) is 0 Å². The van der Waals surface area contributed by atoms with E-state index in [1.807, 2.05) is 0 Å². The van der Waals surface area contributed by atoms with E-state index in [0.29, 0.717) is 5.95 Å². The molecular formula is C42H24N4S. The van der Waals surface area contributed by atoms with Crippen LogP contribution in [0.25, 0.3) is 88.2 Å². The molecular weight excluding hydrogens is 593 g/mol. The molecule has 0 saturated carbocycles. The topological polar surface area (TPSA) is 35.6 Å². The highest BCUT2D eigenvalue weighted by Crippen LogP contribution is 2.47. The second kappa shape index (κ2) is 9.32. The van der Waals surface area contributed by atoms with Gasteiger partial charge in [0.2, 0.25) is 5.95 Å². The molecule has 0 radical (unpaired) electrons. The zero-order chi connectivity index (χ0) is 30.6. The highest BCUT2D eigenvalue weighted by molar-refractivity contribution is 7.99. The van der Waals surface area contributed by atoms with E-state index in [0.717, 1.165) is 44.4 Å². The molecule has 3 aromatic heterocycles. The lowest BCUT2D eigenvalue weighted by Gasteiger charge is -2.20. The molecule has 1 aliphatic heterocycles. The van der Waals surface area contributed by atoms with Crippen LogP contribution in [0.5, 0.6) is 0 Å². The van der Waals surface area contributed by atoms with Gasteiger partial charge in [-0.2, -0.15) is 0 Å². The third kappa shape index (κ3) is 3.44. The molecule has 218 valence electrons. The molecule has 4 heterocycles. The highest BCUT2D eigenvalue weighted by atomic mass is 32.2. The lowest BCUT2D eigenvalue weighted by atomic mass is 10.0. The van der Waals surface area contributed by atoms with E-state index in [1.54, 1.807) is 11.8 Å². The van der Waals surface area contributed by atoms with Crippen LogP contribution < -0.4 is 0 Å². The molecule has 0 bridgehead atoms. The van der Waals surface area contributed by atoms with Gasteiger partial charge in [-0.25, -0.2) is 9.97 Å². The van der Waals surface area contributed by atoms with E-state index in [2.05, 4.69) is 155 Å². The van der Waals surface area contributed by atoms with Crippen LogP contribution >= 0.6 is 11.8 Å². The van der Waals surface area contributed by atoms with E-state index in [-0.39, 0.29) is 0 Å². The number of nitrogens with zero attached hydrogens (tertiary/aromatic N) is 4. The third-order valence-corrected chi connectivity index (χ3v) is 10.8. The maximum absolute atomic E-state index is 5.39. The maximum Gasteiger partial charge on any atom is 0.235 e. The number of aromatic nitrogens is 4. The van der Waals surface area contributed by atoms with Gasteiger partial charge in [-0.05, 0) is 65.4 Å².